The van der Waals surface area contributed by atoms with Crippen LogP contribution in [0.3, 0.4) is 0 Å². The molecule has 1 heterocycles. The van der Waals surface area contributed by atoms with Crippen LogP contribution in [0.4, 0.5) is 0 Å². The summed E-state index contributed by atoms with van der Waals surface area (Å²) in [6, 6.07) is 1.58. The van der Waals surface area contributed by atoms with Crippen LogP contribution in [0.2, 0.25) is 0 Å². The molecule has 0 atom stereocenters. The van der Waals surface area contributed by atoms with E-state index in [4.69, 9.17) is 14.1 Å². The first-order valence-corrected chi connectivity index (χ1v) is 6.53. The van der Waals surface area contributed by atoms with Crippen molar-refractivity contribution in [1.29, 1.82) is 0 Å². The van der Waals surface area contributed by atoms with Crippen molar-refractivity contribution in [3.05, 3.63) is 17.2 Å². The Bertz CT molecular complexity index is 522. The summed E-state index contributed by atoms with van der Waals surface area (Å²) in [4.78, 5) is 11.3. The number of carboxylic acid groups (broad SMARTS) is 1. The molecule has 6 nitrogen and oxygen atoms in total. The fraction of sp³-hybridized carbons (Fsp3) is 0.462. The van der Waals surface area contributed by atoms with Crippen molar-refractivity contribution in [2.45, 2.75) is 26.7 Å². The first-order chi connectivity index (χ1) is 9.54. The average molecular weight is 302 g/mol. The van der Waals surface area contributed by atoms with Gasteiger partial charge in [-0.1, -0.05) is 13.3 Å². The first-order valence-electron chi connectivity index (χ1n) is 6.53. The fourth-order valence-electron chi connectivity index (χ4n) is 1.99. The molecule has 1 aromatic carbocycles. The standard InChI is InChI=1S/C13H17BO6.Na/c1-3-4-5-18-9-6-8(2)11-12(10(9)13(15)16)20-14(17)7-19-11;/h6,17H,3-5,7H2,1-2H3,(H,15,16);/q;+1/p-1. The Hall–Kier alpha value is -0.885. The van der Waals surface area contributed by atoms with Gasteiger partial charge in [-0.25, -0.2) is 0 Å². The molecule has 0 aliphatic carbocycles. The molecule has 108 valence electrons. The topological polar surface area (TPSA) is 88.1 Å². The van der Waals surface area contributed by atoms with E-state index in [-0.39, 0.29) is 53.1 Å². The SMILES string of the molecule is CCCCOc1cc(C)c2c(c1C(=O)[O-])OB(O)CO2.[Na+]. The number of hydrogen-bond donors (Lipinski definition) is 1. The number of unbranched alkanes of at least 4 members (excludes halogenated alkanes) is 1. The summed E-state index contributed by atoms with van der Waals surface area (Å²) in [6.45, 7) is 4.12. The Kier molecular flexibility index (Phi) is 6.86. The number of carbonyl (C=O) groups is 1. The monoisotopic (exact) mass is 302 g/mol. The summed E-state index contributed by atoms with van der Waals surface area (Å²) in [5, 5.41) is 20.8. The number of fused-ring (bicyclic) bond motifs is 1. The molecule has 1 aromatic rings. The molecule has 2 rings (SSSR count). The first kappa shape index (κ1) is 18.2. The van der Waals surface area contributed by atoms with Crippen molar-refractivity contribution in [2.75, 3.05) is 13.1 Å². The third-order valence-electron chi connectivity index (χ3n) is 2.97. The minimum absolute atomic E-state index is 0. The zero-order valence-electron chi connectivity index (χ0n) is 12.5. The van der Waals surface area contributed by atoms with E-state index in [1.54, 1.807) is 13.0 Å². The van der Waals surface area contributed by atoms with Gasteiger partial charge in [-0.05, 0) is 25.0 Å². The van der Waals surface area contributed by atoms with Gasteiger partial charge in [-0.2, -0.15) is 0 Å². The van der Waals surface area contributed by atoms with Gasteiger partial charge in [0, 0.05) is 0 Å². The van der Waals surface area contributed by atoms with Crippen molar-refractivity contribution in [1.82, 2.24) is 0 Å². The van der Waals surface area contributed by atoms with Gasteiger partial charge >= 0.3 is 36.7 Å². The predicted molar refractivity (Wildman–Crippen MR) is 70.0 cm³/mol. The molecule has 21 heavy (non-hydrogen) atoms. The van der Waals surface area contributed by atoms with Crippen LogP contribution >= 0.6 is 0 Å². The minimum atomic E-state index is -1.43. The Morgan fingerprint density at radius 3 is 2.86 bits per heavy atom. The molecule has 0 amide bonds. The third-order valence-corrected chi connectivity index (χ3v) is 2.97. The molecule has 0 fully saturated rings. The van der Waals surface area contributed by atoms with Crippen LogP contribution in [0.1, 0.15) is 35.7 Å². The van der Waals surface area contributed by atoms with Gasteiger partial charge in [-0.3, -0.25) is 0 Å². The number of benzene rings is 1. The van der Waals surface area contributed by atoms with Crippen LogP contribution in [0.15, 0.2) is 6.07 Å². The van der Waals surface area contributed by atoms with Gasteiger partial charge in [0.05, 0.1) is 18.1 Å². The molecule has 1 aliphatic rings. The van der Waals surface area contributed by atoms with Gasteiger partial charge in [0.15, 0.2) is 11.5 Å². The zero-order valence-corrected chi connectivity index (χ0v) is 14.5. The van der Waals surface area contributed by atoms with Crippen LogP contribution in [-0.2, 0) is 0 Å². The molecule has 0 saturated heterocycles. The van der Waals surface area contributed by atoms with Gasteiger partial charge in [0.1, 0.15) is 12.3 Å². The minimum Gasteiger partial charge on any atom is -0.545 e. The van der Waals surface area contributed by atoms with E-state index in [9.17, 15) is 14.9 Å². The summed E-state index contributed by atoms with van der Waals surface area (Å²) in [5.41, 5.74) is 0.462. The smallest absolute Gasteiger partial charge is 0.545 e. The van der Waals surface area contributed by atoms with E-state index in [0.29, 0.717) is 17.9 Å². The Balaban J connectivity index is 0.00000220. The van der Waals surface area contributed by atoms with E-state index in [1.165, 1.54) is 0 Å². The predicted octanol–water partition coefficient (Wildman–Crippen LogP) is -2.67. The normalized spacial score (nSPS) is 12.6. The Morgan fingerprint density at radius 2 is 2.24 bits per heavy atom. The van der Waals surface area contributed by atoms with Crippen LogP contribution in [-0.4, -0.2) is 31.2 Å². The molecule has 0 aromatic heterocycles. The maximum Gasteiger partial charge on any atom is 1.00 e. The van der Waals surface area contributed by atoms with Crippen LogP contribution < -0.4 is 48.8 Å². The van der Waals surface area contributed by atoms with Crippen molar-refractivity contribution < 1.29 is 58.6 Å². The van der Waals surface area contributed by atoms with Gasteiger partial charge in [-0.15, -0.1) is 0 Å². The Labute approximate surface area is 145 Å². The summed E-state index contributed by atoms with van der Waals surface area (Å²) in [6.07, 6.45) is 1.74. The van der Waals surface area contributed by atoms with E-state index in [0.717, 1.165) is 12.8 Å². The summed E-state index contributed by atoms with van der Waals surface area (Å²) >= 11 is 0. The molecular formula is C13H16BNaO6. The van der Waals surface area contributed by atoms with Crippen molar-refractivity contribution in [2.24, 2.45) is 0 Å². The number of aromatic carboxylic acids is 1. The fourth-order valence-corrected chi connectivity index (χ4v) is 1.99. The summed E-state index contributed by atoms with van der Waals surface area (Å²) < 4.78 is 16.0. The number of carboxylic acids is 1. The molecule has 1 aliphatic heterocycles. The molecule has 0 bridgehead atoms. The third kappa shape index (κ3) is 4.06. The quantitative estimate of drug-likeness (QED) is 0.471. The van der Waals surface area contributed by atoms with Gasteiger partial charge < -0.3 is 29.1 Å². The molecule has 1 N–H and O–H groups in total. The second-order valence-corrected chi connectivity index (χ2v) is 4.60. The second kappa shape index (κ2) is 7.94. The average Bonchev–Trinajstić information content (AvgIpc) is 2.38. The van der Waals surface area contributed by atoms with E-state index in [1.807, 2.05) is 6.92 Å². The zero-order chi connectivity index (χ0) is 14.7. The van der Waals surface area contributed by atoms with Crippen molar-refractivity contribution >= 4 is 13.1 Å². The Morgan fingerprint density at radius 1 is 1.52 bits per heavy atom. The number of hydrogen-bond acceptors (Lipinski definition) is 6. The van der Waals surface area contributed by atoms with Crippen LogP contribution in [0.5, 0.6) is 17.2 Å². The largest absolute Gasteiger partial charge is 1.00 e. The molecule has 0 unspecified atom stereocenters. The van der Waals surface area contributed by atoms with E-state index >= 15 is 0 Å². The molecule has 0 saturated carbocycles. The molecule has 0 spiro atoms. The van der Waals surface area contributed by atoms with Gasteiger partial charge in [0.25, 0.3) is 0 Å². The number of aryl methyl sites for hydroxylation is 1. The maximum absolute atomic E-state index is 11.3. The van der Waals surface area contributed by atoms with Crippen molar-refractivity contribution in [3.63, 3.8) is 0 Å². The maximum atomic E-state index is 11.3. The molecular weight excluding hydrogens is 286 g/mol. The van der Waals surface area contributed by atoms with Crippen LogP contribution in [0.25, 0.3) is 0 Å². The van der Waals surface area contributed by atoms with Crippen LogP contribution in [0, 0.1) is 6.92 Å². The molecule has 0 radical (unpaired) electrons. The van der Waals surface area contributed by atoms with E-state index in [2.05, 4.69) is 0 Å². The van der Waals surface area contributed by atoms with E-state index < -0.39 is 13.1 Å². The number of ether oxygens (including phenoxy) is 2. The number of carbonyl (C=O) groups excluding carboxylic acids is 1. The molecule has 8 heteroatoms. The number of rotatable bonds is 5. The summed E-state index contributed by atoms with van der Waals surface area (Å²) in [7, 11) is -1.20. The summed E-state index contributed by atoms with van der Waals surface area (Å²) in [5.74, 6) is -0.981. The van der Waals surface area contributed by atoms with Gasteiger partial charge in [0.2, 0.25) is 0 Å². The van der Waals surface area contributed by atoms with Crippen molar-refractivity contribution in [3.8, 4) is 17.2 Å². The second-order valence-electron chi connectivity index (χ2n) is 4.60.